The fourth-order valence-electron chi connectivity index (χ4n) is 1.61. The van der Waals surface area contributed by atoms with Crippen LogP contribution in [0.25, 0.3) is 6.08 Å². The number of hydrogen-bond donors (Lipinski definition) is 1. The number of furan rings is 1. The van der Waals surface area contributed by atoms with E-state index in [0.717, 1.165) is 0 Å². The molecule has 0 spiro atoms. The topological polar surface area (TPSA) is 68.5 Å². The number of ether oxygens (including phenoxy) is 1. The molecule has 0 fully saturated rings. The molecule has 0 aliphatic carbocycles. The first kappa shape index (κ1) is 15.9. The zero-order valence-corrected chi connectivity index (χ0v) is 12.5. The van der Waals surface area contributed by atoms with E-state index in [4.69, 9.17) is 20.8 Å². The third-order valence-electron chi connectivity index (χ3n) is 2.68. The fourth-order valence-corrected chi connectivity index (χ4v) is 1.80. The maximum Gasteiger partial charge on any atom is 0.331 e. The molecule has 0 aliphatic rings. The number of anilines is 1. The van der Waals surface area contributed by atoms with E-state index in [9.17, 15) is 9.59 Å². The zero-order valence-electron chi connectivity index (χ0n) is 11.8. The molecule has 0 radical (unpaired) electrons. The largest absolute Gasteiger partial charge is 0.465 e. The van der Waals surface area contributed by atoms with Crippen LogP contribution in [-0.4, -0.2) is 18.0 Å². The summed E-state index contributed by atoms with van der Waals surface area (Å²) in [5.41, 5.74) is 0.534. The Morgan fingerprint density at radius 2 is 2.14 bits per heavy atom. The van der Waals surface area contributed by atoms with Crippen molar-refractivity contribution in [2.45, 2.75) is 13.0 Å². The van der Waals surface area contributed by atoms with Gasteiger partial charge >= 0.3 is 5.97 Å². The van der Waals surface area contributed by atoms with E-state index in [1.165, 1.54) is 25.3 Å². The highest BCUT2D eigenvalue weighted by atomic mass is 35.5. The van der Waals surface area contributed by atoms with Crippen LogP contribution in [0.15, 0.2) is 53.2 Å². The van der Waals surface area contributed by atoms with Crippen molar-refractivity contribution in [2.75, 3.05) is 5.32 Å². The van der Waals surface area contributed by atoms with Crippen LogP contribution in [-0.2, 0) is 14.3 Å². The summed E-state index contributed by atoms with van der Waals surface area (Å²) in [5, 5.41) is 3.12. The molecule has 1 aromatic carbocycles. The van der Waals surface area contributed by atoms with E-state index in [-0.39, 0.29) is 0 Å². The van der Waals surface area contributed by atoms with Gasteiger partial charge < -0.3 is 14.5 Å². The second-order valence-electron chi connectivity index (χ2n) is 4.43. The van der Waals surface area contributed by atoms with Gasteiger partial charge in [0.25, 0.3) is 5.91 Å². The van der Waals surface area contributed by atoms with E-state index in [2.05, 4.69) is 5.32 Å². The average molecular weight is 320 g/mol. The lowest BCUT2D eigenvalue weighted by Crippen LogP contribution is -2.29. The van der Waals surface area contributed by atoms with Crippen LogP contribution in [0.2, 0.25) is 5.02 Å². The minimum Gasteiger partial charge on any atom is -0.465 e. The smallest absolute Gasteiger partial charge is 0.331 e. The monoisotopic (exact) mass is 319 g/mol. The Labute approximate surface area is 132 Å². The molecule has 1 aromatic heterocycles. The number of benzene rings is 1. The van der Waals surface area contributed by atoms with Gasteiger partial charge in [-0.2, -0.15) is 0 Å². The fraction of sp³-hybridized carbons (Fsp3) is 0.125. The second-order valence-corrected chi connectivity index (χ2v) is 4.86. The molecule has 0 saturated carbocycles. The van der Waals surface area contributed by atoms with Gasteiger partial charge in [-0.3, -0.25) is 4.79 Å². The van der Waals surface area contributed by atoms with Crippen molar-refractivity contribution < 1.29 is 18.7 Å². The van der Waals surface area contributed by atoms with Crippen molar-refractivity contribution in [3.05, 3.63) is 59.5 Å². The van der Waals surface area contributed by atoms with Crippen LogP contribution >= 0.6 is 11.6 Å². The molecule has 2 aromatic rings. The number of carbonyl (C=O) groups is 2. The first-order valence-electron chi connectivity index (χ1n) is 6.53. The van der Waals surface area contributed by atoms with Gasteiger partial charge in [-0.1, -0.05) is 17.7 Å². The lowest BCUT2D eigenvalue weighted by molar-refractivity contribution is -0.148. The van der Waals surface area contributed by atoms with Crippen molar-refractivity contribution >= 4 is 35.2 Å². The number of carbonyl (C=O) groups excluding carboxylic acids is 2. The van der Waals surface area contributed by atoms with E-state index >= 15 is 0 Å². The molecule has 1 unspecified atom stereocenters. The molecule has 1 atom stereocenters. The van der Waals surface area contributed by atoms with Crippen molar-refractivity contribution in [3.8, 4) is 0 Å². The number of halogens is 1. The van der Waals surface area contributed by atoms with Gasteiger partial charge in [0.2, 0.25) is 0 Å². The van der Waals surface area contributed by atoms with E-state index in [0.29, 0.717) is 16.5 Å². The van der Waals surface area contributed by atoms with Gasteiger partial charge in [-0.25, -0.2) is 4.79 Å². The van der Waals surface area contributed by atoms with E-state index in [1.54, 1.807) is 36.4 Å². The lowest BCUT2D eigenvalue weighted by Gasteiger charge is -2.12. The number of hydrogen-bond acceptors (Lipinski definition) is 4. The molecule has 0 bridgehead atoms. The summed E-state index contributed by atoms with van der Waals surface area (Å²) in [6.45, 7) is 1.48. The summed E-state index contributed by atoms with van der Waals surface area (Å²) in [7, 11) is 0. The molecule has 1 amide bonds. The Bertz CT molecular complexity index is 679. The average Bonchev–Trinajstić information content (AvgIpc) is 2.98. The van der Waals surface area contributed by atoms with E-state index < -0.39 is 18.0 Å². The Morgan fingerprint density at radius 3 is 2.82 bits per heavy atom. The highest BCUT2D eigenvalue weighted by Crippen LogP contribution is 2.15. The van der Waals surface area contributed by atoms with Gasteiger partial charge in [0.15, 0.2) is 6.10 Å². The predicted octanol–water partition coefficient (Wildman–Crippen LogP) is 3.52. The quantitative estimate of drug-likeness (QED) is 0.676. The van der Waals surface area contributed by atoms with Gasteiger partial charge in [-0.15, -0.1) is 0 Å². The standard InChI is InChI=1S/C16H14ClNO4/c1-11(16(20)18-13-5-2-4-12(17)10-13)22-15(19)8-7-14-6-3-9-21-14/h2-11H,1H3,(H,18,20). The van der Waals surface area contributed by atoms with Crippen LogP contribution in [0.4, 0.5) is 5.69 Å². The molecule has 0 saturated heterocycles. The van der Waals surface area contributed by atoms with Crippen LogP contribution in [0.5, 0.6) is 0 Å². The van der Waals surface area contributed by atoms with Crippen molar-refractivity contribution in [1.29, 1.82) is 0 Å². The first-order chi connectivity index (χ1) is 10.5. The highest BCUT2D eigenvalue weighted by Gasteiger charge is 2.16. The zero-order chi connectivity index (χ0) is 15.9. The molecule has 2 rings (SSSR count). The van der Waals surface area contributed by atoms with Crippen LogP contribution < -0.4 is 5.32 Å². The Kier molecular flexibility index (Phi) is 5.38. The normalized spacial score (nSPS) is 12.1. The maximum atomic E-state index is 11.9. The van der Waals surface area contributed by atoms with E-state index in [1.807, 2.05) is 0 Å². The molecular formula is C16H14ClNO4. The Hall–Kier alpha value is -2.53. The summed E-state index contributed by atoms with van der Waals surface area (Å²) in [5.74, 6) is -0.555. The number of nitrogens with one attached hydrogen (secondary N) is 1. The van der Waals surface area contributed by atoms with Crippen LogP contribution in [0, 0.1) is 0 Å². The molecule has 114 valence electrons. The second kappa shape index (κ2) is 7.47. The number of esters is 1. The van der Waals surface area contributed by atoms with Crippen LogP contribution in [0.3, 0.4) is 0 Å². The van der Waals surface area contributed by atoms with Crippen molar-refractivity contribution in [3.63, 3.8) is 0 Å². The molecule has 0 aliphatic heterocycles. The summed E-state index contributed by atoms with van der Waals surface area (Å²) in [6, 6.07) is 10.1. The van der Waals surface area contributed by atoms with Gasteiger partial charge in [0.05, 0.1) is 6.26 Å². The third-order valence-corrected chi connectivity index (χ3v) is 2.92. The molecular weight excluding hydrogens is 306 g/mol. The SMILES string of the molecule is CC(OC(=O)C=Cc1ccco1)C(=O)Nc1cccc(Cl)c1. The summed E-state index contributed by atoms with van der Waals surface area (Å²) < 4.78 is 10.0. The number of rotatable bonds is 5. The molecule has 6 heteroatoms. The van der Waals surface area contributed by atoms with Crippen LogP contribution in [0.1, 0.15) is 12.7 Å². The maximum absolute atomic E-state index is 11.9. The van der Waals surface area contributed by atoms with Crippen molar-refractivity contribution in [1.82, 2.24) is 0 Å². The van der Waals surface area contributed by atoms with Gasteiger partial charge in [-0.05, 0) is 43.3 Å². The molecule has 5 nitrogen and oxygen atoms in total. The first-order valence-corrected chi connectivity index (χ1v) is 6.91. The molecule has 22 heavy (non-hydrogen) atoms. The summed E-state index contributed by atoms with van der Waals surface area (Å²) in [6.07, 6.45) is 3.21. The highest BCUT2D eigenvalue weighted by molar-refractivity contribution is 6.30. The van der Waals surface area contributed by atoms with Gasteiger partial charge in [0.1, 0.15) is 5.76 Å². The summed E-state index contributed by atoms with van der Waals surface area (Å²) >= 11 is 5.83. The Balaban J connectivity index is 1.87. The van der Waals surface area contributed by atoms with Crippen molar-refractivity contribution in [2.24, 2.45) is 0 Å². The molecule has 1 N–H and O–H groups in total. The third kappa shape index (κ3) is 4.79. The molecule has 1 heterocycles. The minimum atomic E-state index is -0.937. The predicted molar refractivity (Wildman–Crippen MR) is 83.4 cm³/mol. The lowest BCUT2D eigenvalue weighted by atomic mass is 10.3. The minimum absolute atomic E-state index is 0.443. The van der Waals surface area contributed by atoms with Gasteiger partial charge in [0, 0.05) is 16.8 Å². The summed E-state index contributed by atoms with van der Waals surface area (Å²) in [4.78, 5) is 23.5. The Morgan fingerprint density at radius 1 is 1.32 bits per heavy atom. The number of amides is 1.